The molecule has 0 aliphatic carbocycles. The quantitative estimate of drug-likeness (QED) is 0.794. The summed E-state index contributed by atoms with van der Waals surface area (Å²) in [6.45, 7) is 1.75. The van der Waals surface area contributed by atoms with Gasteiger partial charge < -0.3 is 14.3 Å². The average molecular weight is 284 g/mol. The van der Waals surface area contributed by atoms with Crippen molar-refractivity contribution in [3.05, 3.63) is 22.2 Å². The molecule has 0 bridgehead atoms. The predicted molar refractivity (Wildman–Crippen MR) is 62.3 cm³/mol. The van der Waals surface area contributed by atoms with E-state index in [1.54, 1.807) is 6.21 Å². The van der Waals surface area contributed by atoms with Gasteiger partial charge in [-0.2, -0.15) is 0 Å². The van der Waals surface area contributed by atoms with Crippen LogP contribution in [0.2, 0.25) is 0 Å². The van der Waals surface area contributed by atoms with Crippen molar-refractivity contribution in [1.82, 2.24) is 0 Å². The van der Waals surface area contributed by atoms with Gasteiger partial charge in [0.15, 0.2) is 11.5 Å². The van der Waals surface area contributed by atoms with Crippen LogP contribution < -0.4 is 9.47 Å². The minimum Gasteiger partial charge on any atom is -0.486 e. The average Bonchev–Trinajstić information content (AvgIpc) is 2.81. The van der Waals surface area contributed by atoms with Crippen molar-refractivity contribution >= 4 is 22.1 Å². The second kappa shape index (κ2) is 3.97. The van der Waals surface area contributed by atoms with E-state index in [1.807, 2.05) is 12.1 Å². The molecule has 0 spiro atoms. The van der Waals surface area contributed by atoms with Gasteiger partial charge in [-0.1, -0.05) is 21.1 Å². The molecule has 84 valence electrons. The Morgan fingerprint density at radius 1 is 1.25 bits per heavy atom. The van der Waals surface area contributed by atoms with Crippen molar-refractivity contribution in [3.63, 3.8) is 0 Å². The standard InChI is InChI=1S/C11H10BrNO3/c12-8-3-9(7-5-13-16-6-7)11-10(4-8)14-1-2-15-11/h3-5,7H,1-2,6H2. The summed E-state index contributed by atoms with van der Waals surface area (Å²) in [5, 5.41) is 3.78. The summed E-state index contributed by atoms with van der Waals surface area (Å²) in [5.74, 6) is 1.75. The van der Waals surface area contributed by atoms with Gasteiger partial charge in [0.25, 0.3) is 0 Å². The van der Waals surface area contributed by atoms with Gasteiger partial charge in [0.05, 0.1) is 12.1 Å². The lowest BCUT2D eigenvalue weighted by Gasteiger charge is -2.22. The van der Waals surface area contributed by atoms with E-state index in [-0.39, 0.29) is 5.92 Å². The van der Waals surface area contributed by atoms with Crippen molar-refractivity contribution in [2.24, 2.45) is 5.16 Å². The smallest absolute Gasteiger partial charge is 0.165 e. The maximum atomic E-state index is 5.66. The van der Waals surface area contributed by atoms with Gasteiger partial charge in [0.2, 0.25) is 0 Å². The highest BCUT2D eigenvalue weighted by Gasteiger charge is 2.24. The number of fused-ring (bicyclic) bond motifs is 1. The van der Waals surface area contributed by atoms with Crippen molar-refractivity contribution < 1.29 is 14.3 Å². The van der Waals surface area contributed by atoms with Gasteiger partial charge >= 0.3 is 0 Å². The molecule has 0 amide bonds. The molecule has 1 aromatic rings. The van der Waals surface area contributed by atoms with Gasteiger partial charge in [-0.05, 0) is 12.1 Å². The molecule has 0 fully saturated rings. The summed E-state index contributed by atoms with van der Waals surface area (Å²) < 4.78 is 12.2. The molecule has 16 heavy (non-hydrogen) atoms. The maximum absolute atomic E-state index is 5.66. The second-order valence-electron chi connectivity index (χ2n) is 3.68. The van der Waals surface area contributed by atoms with Crippen LogP contribution in [0, 0.1) is 0 Å². The van der Waals surface area contributed by atoms with E-state index in [2.05, 4.69) is 21.1 Å². The number of halogens is 1. The zero-order chi connectivity index (χ0) is 11.0. The predicted octanol–water partition coefficient (Wildman–Crippen LogP) is 2.32. The number of oxime groups is 1. The lowest BCUT2D eigenvalue weighted by Crippen LogP contribution is -2.18. The van der Waals surface area contributed by atoms with Crippen LogP contribution in [0.5, 0.6) is 11.5 Å². The number of nitrogens with zero attached hydrogens (tertiary/aromatic N) is 1. The van der Waals surface area contributed by atoms with Crippen molar-refractivity contribution in [3.8, 4) is 11.5 Å². The molecule has 0 N–H and O–H groups in total. The van der Waals surface area contributed by atoms with Crippen LogP contribution in [0.15, 0.2) is 21.8 Å². The van der Waals surface area contributed by atoms with Crippen LogP contribution in [0.3, 0.4) is 0 Å². The van der Waals surface area contributed by atoms with E-state index < -0.39 is 0 Å². The zero-order valence-corrected chi connectivity index (χ0v) is 10.1. The minimum atomic E-state index is 0.146. The topological polar surface area (TPSA) is 40.0 Å². The molecule has 1 atom stereocenters. The summed E-state index contributed by atoms with van der Waals surface area (Å²) >= 11 is 3.47. The number of benzene rings is 1. The van der Waals surface area contributed by atoms with Crippen LogP contribution in [-0.4, -0.2) is 26.0 Å². The van der Waals surface area contributed by atoms with Crippen LogP contribution in [-0.2, 0) is 4.84 Å². The number of hydrogen-bond donors (Lipinski definition) is 0. The summed E-state index contributed by atoms with van der Waals surface area (Å²) in [6, 6.07) is 3.95. The van der Waals surface area contributed by atoms with Crippen LogP contribution >= 0.6 is 15.9 Å². The van der Waals surface area contributed by atoms with E-state index >= 15 is 0 Å². The molecule has 2 aliphatic heterocycles. The molecule has 4 nitrogen and oxygen atoms in total. The lowest BCUT2D eigenvalue weighted by molar-refractivity contribution is 0.158. The van der Waals surface area contributed by atoms with Crippen LogP contribution in [0.4, 0.5) is 0 Å². The Morgan fingerprint density at radius 2 is 2.12 bits per heavy atom. The molecular weight excluding hydrogens is 274 g/mol. The molecular formula is C11H10BrNO3. The van der Waals surface area contributed by atoms with E-state index in [9.17, 15) is 0 Å². The first-order valence-corrected chi connectivity index (χ1v) is 5.88. The number of rotatable bonds is 1. The van der Waals surface area contributed by atoms with E-state index in [4.69, 9.17) is 14.3 Å². The summed E-state index contributed by atoms with van der Waals surface area (Å²) in [5.41, 5.74) is 1.06. The molecule has 0 radical (unpaired) electrons. The Morgan fingerprint density at radius 3 is 2.94 bits per heavy atom. The molecule has 0 saturated heterocycles. The SMILES string of the molecule is Brc1cc2c(c(C3C=NOC3)c1)OCCO2. The van der Waals surface area contributed by atoms with Gasteiger partial charge in [0.1, 0.15) is 19.8 Å². The first kappa shape index (κ1) is 9.96. The highest BCUT2D eigenvalue weighted by molar-refractivity contribution is 9.10. The third kappa shape index (κ3) is 1.65. The normalized spacial score (nSPS) is 21.9. The Kier molecular flexibility index (Phi) is 2.47. The Hall–Kier alpha value is -1.23. The summed E-state index contributed by atoms with van der Waals surface area (Å²) in [6.07, 6.45) is 1.79. The zero-order valence-electron chi connectivity index (χ0n) is 8.48. The van der Waals surface area contributed by atoms with Crippen molar-refractivity contribution in [2.75, 3.05) is 19.8 Å². The summed E-state index contributed by atoms with van der Waals surface area (Å²) in [4.78, 5) is 5.00. The largest absolute Gasteiger partial charge is 0.486 e. The van der Waals surface area contributed by atoms with E-state index in [0.29, 0.717) is 19.8 Å². The first-order valence-electron chi connectivity index (χ1n) is 5.09. The number of ether oxygens (including phenoxy) is 2. The fourth-order valence-electron chi connectivity index (χ4n) is 1.87. The second-order valence-corrected chi connectivity index (χ2v) is 4.59. The third-order valence-corrected chi connectivity index (χ3v) is 3.06. The fraction of sp³-hybridized carbons (Fsp3) is 0.364. The molecule has 0 aromatic heterocycles. The summed E-state index contributed by atoms with van der Waals surface area (Å²) in [7, 11) is 0. The highest BCUT2D eigenvalue weighted by atomic mass is 79.9. The van der Waals surface area contributed by atoms with Crippen LogP contribution in [0.25, 0.3) is 0 Å². The Bertz CT molecular complexity index is 447. The van der Waals surface area contributed by atoms with Crippen LogP contribution in [0.1, 0.15) is 11.5 Å². The first-order chi connectivity index (χ1) is 7.84. The van der Waals surface area contributed by atoms with Gasteiger partial charge in [0, 0.05) is 10.0 Å². The van der Waals surface area contributed by atoms with E-state index in [0.717, 1.165) is 21.5 Å². The Balaban J connectivity index is 2.08. The maximum Gasteiger partial charge on any atom is 0.165 e. The van der Waals surface area contributed by atoms with E-state index in [1.165, 1.54) is 0 Å². The molecule has 1 aromatic carbocycles. The monoisotopic (exact) mass is 283 g/mol. The van der Waals surface area contributed by atoms with Crippen molar-refractivity contribution in [1.29, 1.82) is 0 Å². The molecule has 0 saturated carbocycles. The van der Waals surface area contributed by atoms with Gasteiger partial charge in [-0.15, -0.1) is 0 Å². The molecule has 1 unspecified atom stereocenters. The fourth-order valence-corrected chi connectivity index (χ4v) is 2.33. The van der Waals surface area contributed by atoms with Gasteiger partial charge in [-0.25, -0.2) is 0 Å². The third-order valence-electron chi connectivity index (χ3n) is 2.60. The molecule has 2 aliphatic rings. The molecule has 5 heteroatoms. The lowest BCUT2D eigenvalue weighted by atomic mass is 10.00. The van der Waals surface area contributed by atoms with Crippen molar-refractivity contribution in [2.45, 2.75) is 5.92 Å². The Labute approximate surface area is 101 Å². The number of hydrogen-bond acceptors (Lipinski definition) is 4. The molecule has 2 heterocycles. The highest BCUT2D eigenvalue weighted by Crippen LogP contribution is 2.40. The van der Waals surface area contributed by atoms with Gasteiger partial charge in [-0.3, -0.25) is 0 Å². The molecule has 3 rings (SSSR count). The minimum absolute atomic E-state index is 0.146.